The van der Waals surface area contributed by atoms with Gasteiger partial charge in [-0.15, -0.1) is 0 Å². The van der Waals surface area contributed by atoms with E-state index in [2.05, 4.69) is 4.99 Å². The Morgan fingerprint density at radius 2 is 1.79 bits per heavy atom. The van der Waals surface area contributed by atoms with Crippen molar-refractivity contribution in [3.8, 4) is 0 Å². The van der Waals surface area contributed by atoms with Crippen LogP contribution in [0, 0.1) is 0 Å². The van der Waals surface area contributed by atoms with Crippen molar-refractivity contribution in [1.82, 2.24) is 4.90 Å². The van der Waals surface area contributed by atoms with Gasteiger partial charge >= 0.3 is 5.97 Å². The highest BCUT2D eigenvalue weighted by atomic mass is 35.5. The van der Waals surface area contributed by atoms with E-state index in [1.807, 2.05) is 6.07 Å². The van der Waals surface area contributed by atoms with Crippen molar-refractivity contribution in [2.24, 2.45) is 4.99 Å². The van der Waals surface area contributed by atoms with E-state index in [1.165, 1.54) is 17.0 Å². The first kappa shape index (κ1) is 21.5. The zero-order valence-corrected chi connectivity index (χ0v) is 17.6. The lowest BCUT2D eigenvalue weighted by Gasteiger charge is -2.38. The summed E-state index contributed by atoms with van der Waals surface area (Å²) in [6.45, 7) is 5.20. The number of fused-ring (bicyclic) bond motifs is 1. The molecule has 1 heterocycles. The Morgan fingerprint density at radius 1 is 1.17 bits per heavy atom. The Morgan fingerprint density at radius 3 is 2.38 bits per heavy atom. The molecule has 8 heteroatoms. The zero-order chi connectivity index (χ0) is 21.3. The Kier molecular flexibility index (Phi) is 6.15. The summed E-state index contributed by atoms with van der Waals surface area (Å²) in [5, 5.41) is 0.372. The Bertz CT molecular complexity index is 944. The number of nitrogens with zero attached hydrogens (tertiary/aromatic N) is 2. The second-order valence-corrected chi connectivity index (χ2v) is 8.46. The van der Waals surface area contributed by atoms with Crippen molar-refractivity contribution in [1.29, 1.82) is 0 Å². The van der Waals surface area contributed by atoms with Gasteiger partial charge in [0, 0.05) is 12.1 Å². The van der Waals surface area contributed by atoms with Gasteiger partial charge in [-0.3, -0.25) is 0 Å². The van der Waals surface area contributed by atoms with Crippen LogP contribution in [0.1, 0.15) is 37.9 Å². The summed E-state index contributed by atoms with van der Waals surface area (Å²) in [5.41, 5.74) is 0.493. The lowest BCUT2D eigenvalue weighted by molar-refractivity contribution is -0.160. The minimum absolute atomic E-state index is 0.0492. The number of alkyl halides is 2. The molecule has 1 aliphatic heterocycles. The van der Waals surface area contributed by atoms with E-state index >= 15 is 0 Å². The number of benzene rings is 2. The fourth-order valence-electron chi connectivity index (χ4n) is 3.09. The average molecular weight is 441 g/mol. The Hall–Kier alpha value is -2.18. The largest absolute Gasteiger partial charge is 0.458 e. The number of esters is 1. The molecule has 154 valence electrons. The van der Waals surface area contributed by atoms with Gasteiger partial charge in [0.2, 0.25) is 0 Å². The fraction of sp³-hybridized carbons (Fsp3) is 0.333. The molecule has 0 fully saturated rings. The maximum Gasteiger partial charge on any atom is 0.334 e. The van der Waals surface area contributed by atoms with E-state index in [4.69, 9.17) is 27.9 Å². The third-order valence-corrected chi connectivity index (χ3v) is 4.95. The normalized spacial score (nSPS) is 16.5. The van der Waals surface area contributed by atoms with E-state index in [-0.39, 0.29) is 22.3 Å². The van der Waals surface area contributed by atoms with Crippen LogP contribution in [-0.2, 0) is 16.1 Å². The van der Waals surface area contributed by atoms with Gasteiger partial charge in [0.25, 0.3) is 6.43 Å². The highest BCUT2D eigenvalue weighted by molar-refractivity contribution is 6.42. The number of carbonyl (C=O) groups is 1. The van der Waals surface area contributed by atoms with Crippen LogP contribution in [-0.4, -0.2) is 28.7 Å². The van der Waals surface area contributed by atoms with E-state index in [0.29, 0.717) is 5.56 Å². The molecule has 0 radical (unpaired) electrons. The number of hydrogen-bond acceptors (Lipinski definition) is 4. The van der Waals surface area contributed by atoms with Crippen LogP contribution in [0.2, 0.25) is 10.0 Å². The van der Waals surface area contributed by atoms with Crippen LogP contribution in [0.4, 0.5) is 14.5 Å². The molecule has 2 aromatic carbocycles. The highest BCUT2D eigenvalue weighted by Crippen LogP contribution is 2.42. The highest BCUT2D eigenvalue weighted by Gasteiger charge is 2.41. The first-order valence-corrected chi connectivity index (χ1v) is 9.71. The van der Waals surface area contributed by atoms with Crippen LogP contribution in [0.15, 0.2) is 47.5 Å². The molecule has 3 rings (SSSR count). The molecular weight excluding hydrogens is 421 g/mol. The number of halogens is 4. The lowest BCUT2D eigenvalue weighted by Crippen LogP contribution is -2.45. The van der Waals surface area contributed by atoms with E-state index < -0.39 is 29.9 Å². The van der Waals surface area contributed by atoms with Gasteiger partial charge in [0.15, 0.2) is 11.9 Å². The molecule has 29 heavy (non-hydrogen) atoms. The zero-order valence-electron chi connectivity index (χ0n) is 16.1. The second kappa shape index (κ2) is 8.28. The summed E-state index contributed by atoms with van der Waals surface area (Å²) < 4.78 is 33.4. The summed E-state index contributed by atoms with van der Waals surface area (Å²) in [7, 11) is 0. The first-order valence-electron chi connectivity index (χ1n) is 8.96. The third kappa shape index (κ3) is 4.87. The molecule has 2 aromatic rings. The smallest absolute Gasteiger partial charge is 0.334 e. The molecule has 4 nitrogen and oxygen atoms in total. The van der Waals surface area contributed by atoms with Crippen molar-refractivity contribution in [3.05, 3.63) is 63.6 Å². The van der Waals surface area contributed by atoms with Crippen molar-refractivity contribution >= 4 is 40.7 Å². The molecule has 0 aliphatic carbocycles. The summed E-state index contributed by atoms with van der Waals surface area (Å²) in [4.78, 5) is 18.5. The van der Waals surface area contributed by atoms with Gasteiger partial charge in [0.05, 0.1) is 15.7 Å². The predicted molar refractivity (Wildman–Crippen MR) is 110 cm³/mol. The number of hydrogen-bond donors (Lipinski definition) is 0. The van der Waals surface area contributed by atoms with Crippen molar-refractivity contribution < 1.29 is 18.3 Å². The van der Waals surface area contributed by atoms with Crippen molar-refractivity contribution in [2.45, 2.75) is 45.4 Å². The minimum atomic E-state index is -2.90. The summed E-state index contributed by atoms with van der Waals surface area (Å²) >= 11 is 12.2. The molecule has 1 atom stereocenters. The van der Waals surface area contributed by atoms with E-state index in [1.54, 1.807) is 45.0 Å². The quantitative estimate of drug-likeness (QED) is 0.532. The summed E-state index contributed by atoms with van der Waals surface area (Å²) in [6.07, 6.45) is -2.90. The molecule has 1 unspecified atom stereocenters. The number of aliphatic imine (C=N–C) groups is 1. The Labute approximate surface area is 178 Å². The standard InChI is InChI=1S/C21H20Cl2F2N2O2/c1-21(2,3)29-20(28)17-13-9-14(22)15(23)10-16(13)26-19(18(24)25)27(17)11-12-7-5-4-6-8-12/h4-10,17-18H,11H2,1-3H3. The van der Waals surface area contributed by atoms with Crippen molar-refractivity contribution in [3.63, 3.8) is 0 Å². The molecule has 0 N–H and O–H groups in total. The minimum Gasteiger partial charge on any atom is -0.458 e. The molecule has 1 aliphatic rings. The SMILES string of the molecule is CC(C)(C)OC(=O)C1c2cc(Cl)c(Cl)cc2N=C(C(F)F)N1Cc1ccccc1. The van der Waals surface area contributed by atoms with Gasteiger partial charge in [-0.25, -0.2) is 18.6 Å². The topological polar surface area (TPSA) is 41.9 Å². The number of amidine groups is 1. The summed E-state index contributed by atoms with van der Waals surface area (Å²) in [5.74, 6) is -1.18. The average Bonchev–Trinajstić information content (AvgIpc) is 2.61. The van der Waals surface area contributed by atoms with Crippen LogP contribution in [0.3, 0.4) is 0 Å². The molecule has 0 spiro atoms. The maximum absolute atomic E-state index is 13.9. The van der Waals surface area contributed by atoms with Crippen LogP contribution in [0.25, 0.3) is 0 Å². The molecule has 0 saturated heterocycles. The second-order valence-electron chi connectivity index (χ2n) is 7.65. The van der Waals surface area contributed by atoms with E-state index in [0.717, 1.165) is 5.56 Å². The number of carbonyl (C=O) groups excluding carboxylic acids is 1. The van der Waals surface area contributed by atoms with Gasteiger partial charge in [0.1, 0.15) is 5.60 Å². The fourth-order valence-corrected chi connectivity index (χ4v) is 3.42. The summed E-state index contributed by atoms with van der Waals surface area (Å²) in [6, 6.07) is 10.7. The van der Waals surface area contributed by atoms with Gasteiger partial charge in [-0.2, -0.15) is 0 Å². The van der Waals surface area contributed by atoms with Crippen LogP contribution in [0.5, 0.6) is 0 Å². The number of ether oxygens (including phenoxy) is 1. The maximum atomic E-state index is 13.9. The Balaban J connectivity index is 2.15. The van der Waals surface area contributed by atoms with Crippen molar-refractivity contribution in [2.75, 3.05) is 0 Å². The lowest BCUT2D eigenvalue weighted by atomic mass is 9.99. The third-order valence-electron chi connectivity index (χ3n) is 4.23. The number of rotatable bonds is 4. The monoisotopic (exact) mass is 440 g/mol. The molecule has 0 aromatic heterocycles. The van der Waals surface area contributed by atoms with Crippen LogP contribution >= 0.6 is 23.2 Å². The van der Waals surface area contributed by atoms with Crippen LogP contribution < -0.4 is 0 Å². The molecular formula is C21H20Cl2F2N2O2. The predicted octanol–water partition coefficient (Wildman–Crippen LogP) is 6.19. The van der Waals surface area contributed by atoms with Gasteiger partial charge in [-0.05, 0) is 38.5 Å². The van der Waals surface area contributed by atoms with Gasteiger partial charge < -0.3 is 9.64 Å². The molecule has 0 amide bonds. The van der Waals surface area contributed by atoms with E-state index in [9.17, 15) is 13.6 Å². The molecule has 0 bridgehead atoms. The van der Waals surface area contributed by atoms with Gasteiger partial charge in [-0.1, -0.05) is 53.5 Å². The molecule has 0 saturated carbocycles. The first-order chi connectivity index (χ1) is 13.6.